The van der Waals surface area contributed by atoms with Crippen molar-refractivity contribution in [1.29, 1.82) is 0 Å². The van der Waals surface area contributed by atoms with E-state index in [1.54, 1.807) is 19.1 Å². The smallest absolute Gasteiger partial charge is 0.258 e. The Morgan fingerprint density at radius 3 is 2.41 bits per heavy atom. The van der Waals surface area contributed by atoms with Gasteiger partial charge in [-0.1, -0.05) is 6.07 Å². The first-order chi connectivity index (χ1) is 7.95. The van der Waals surface area contributed by atoms with E-state index in [9.17, 15) is 4.79 Å². The van der Waals surface area contributed by atoms with Crippen molar-refractivity contribution in [3.05, 3.63) is 23.8 Å². The maximum absolute atomic E-state index is 10.9. The summed E-state index contributed by atoms with van der Waals surface area (Å²) >= 11 is 0. The summed E-state index contributed by atoms with van der Waals surface area (Å²) in [5, 5.41) is 0. The Labute approximate surface area is 101 Å². The molecule has 5 nitrogen and oxygen atoms in total. The molecule has 1 rings (SSSR count). The average molecular weight is 238 g/mol. The lowest BCUT2D eigenvalue weighted by atomic mass is 10.1. The largest absolute Gasteiger partial charge is 0.493 e. The number of primary amides is 1. The molecule has 0 aromatic heterocycles. The molecule has 0 aliphatic rings. The molecule has 0 saturated heterocycles. The van der Waals surface area contributed by atoms with Gasteiger partial charge < -0.3 is 20.9 Å². The average Bonchev–Trinajstić information content (AvgIpc) is 2.28. The Bertz CT molecular complexity index is 405. The van der Waals surface area contributed by atoms with Crippen molar-refractivity contribution < 1.29 is 14.3 Å². The highest BCUT2D eigenvalue weighted by Crippen LogP contribution is 2.30. The fourth-order valence-corrected chi connectivity index (χ4v) is 1.31. The zero-order valence-electron chi connectivity index (χ0n) is 10.3. The topological polar surface area (TPSA) is 87.6 Å². The van der Waals surface area contributed by atoms with E-state index < -0.39 is 12.0 Å². The highest BCUT2D eigenvalue weighted by atomic mass is 16.5. The van der Waals surface area contributed by atoms with E-state index in [0.29, 0.717) is 11.5 Å². The van der Waals surface area contributed by atoms with Gasteiger partial charge in [0.2, 0.25) is 0 Å². The van der Waals surface area contributed by atoms with Crippen LogP contribution in [0.4, 0.5) is 0 Å². The zero-order valence-corrected chi connectivity index (χ0v) is 10.3. The Hall–Kier alpha value is -1.75. The van der Waals surface area contributed by atoms with E-state index in [-0.39, 0.29) is 6.04 Å². The molecule has 0 spiro atoms. The van der Waals surface area contributed by atoms with Crippen molar-refractivity contribution >= 4 is 5.91 Å². The number of carbonyl (C=O) groups is 1. The van der Waals surface area contributed by atoms with Crippen molar-refractivity contribution in [2.45, 2.75) is 26.0 Å². The third-order valence-electron chi connectivity index (χ3n) is 2.42. The molecule has 0 aliphatic heterocycles. The highest BCUT2D eigenvalue weighted by molar-refractivity contribution is 5.78. The molecule has 1 amide bonds. The van der Waals surface area contributed by atoms with Gasteiger partial charge in [0.15, 0.2) is 17.6 Å². The van der Waals surface area contributed by atoms with E-state index in [1.165, 1.54) is 7.11 Å². The zero-order chi connectivity index (χ0) is 13.0. The minimum absolute atomic E-state index is 0.0912. The summed E-state index contributed by atoms with van der Waals surface area (Å²) in [6.07, 6.45) is -0.704. The predicted molar refractivity (Wildman–Crippen MR) is 64.9 cm³/mol. The summed E-state index contributed by atoms with van der Waals surface area (Å²) in [6.45, 7) is 3.46. The third-order valence-corrected chi connectivity index (χ3v) is 2.42. The van der Waals surface area contributed by atoms with Gasteiger partial charge in [0.25, 0.3) is 5.91 Å². The second kappa shape index (κ2) is 5.54. The third kappa shape index (κ3) is 3.35. The van der Waals surface area contributed by atoms with Gasteiger partial charge in [-0.15, -0.1) is 0 Å². The maximum atomic E-state index is 10.9. The Morgan fingerprint density at radius 2 is 1.94 bits per heavy atom. The van der Waals surface area contributed by atoms with Crippen LogP contribution in [-0.4, -0.2) is 19.1 Å². The van der Waals surface area contributed by atoms with E-state index in [4.69, 9.17) is 20.9 Å². The van der Waals surface area contributed by atoms with E-state index in [0.717, 1.165) is 5.56 Å². The van der Waals surface area contributed by atoms with Gasteiger partial charge in [0.1, 0.15) is 0 Å². The van der Waals surface area contributed by atoms with Crippen LogP contribution in [0.5, 0.6) is 11.5 Å². The van der Waals surface area contributed by atoms with Crippen LogP contribution in [0.3, 0.4) is 0 Å². The van der Waals surface area contributed by atoms with Gasteiger partial charge in [0, 0.05) is 6.04 Å². The van der Waals surface area contributed by atoms with Crippen LogP contribution in [0.25, 0.3) is 0 Å². The molecule has 0 heterocycles. The summed E-state index contributed by atoms with van der Waals surface area (Å²) in [7, 11) is 1.53. The van der Waals surface area contributed by atoms with Crippen LogP contribution in [-0.2, 0) is 4.79 Å². The number of hydrogen-bond donors (Lipinski definition) is 2. The first-order valence-electron chi connectivity index (χ1n) is 5.35. The summed E-state index contributed by atoms with van der Waals surface area (Å²) in [6, 6.07) is 5.24. The quantitative estimate of drug-likeness (QED) is 0.800. The van der Waals surface area contributed by atoms with Crippen LogP contribution in [0.2, 0.25) is 0 Å². The lowest BCUT2D eigenvalue weighted by molar-refractivity contribution is -0.124. The molecule has 0 radical (unpaired) electrons. The predicted octanol–water partition coefficient (Wildman–Crippen LogP) is 0.968. The van der Waals surface area contributed by atoms with Gasteiger partial charge >= 0.3 is 0 Å². The molecular weight excluding hydrogens is 220 g/mol. The minimum atomic E-state index is -0.704. The van der Waals surface area contributed by atoms with Crippen molar-refractivity contribution in [2.24, 2.45) is 11.5 Å². The lowest BCUT2D eigenvalue weighted by Gasteiger charge is -2.16. The van der Waals surface area contributed by atoms with Crippen LogP contribution in [0.15, 0.2) is 18.2 Å². The number of benzene rings is 1. The number of rotatable bonds is 5. The van der Waals surface area contributed by atoms with Crippen LogP contribution >= 0.6 is 0 Å². The number of methoxy groups -OCH3 is 1. The van der Waals surface area contributed by atoms with Crippen molar-refractivity contribution in [1.82, 2.24) is 0 Å². The Balaban J connectivity index is 2.96. The second-order valence-electron chi connectivity index (χ2n) is 3.86. The standard InChI is InChI=1S/C12H18N2O3/c1-7(13)9-4-5-10(11(6-9)16-3)17-8(2)12(14)15/h4-8H,13H2,1-3H3,(H2,14,15)/t7-,8?/m1/s1. The van der Waals surface area contributed by atoms with Crippen LogP contribution < -0.4 is 20.9 Å². The number of amides is 1. The molecule has 94 valence electrons. The first-order valence-corrected chi connectivity index (χ1v) is 5.35. The fraction of sp³-hybridized carbons (Fsp3) is 0.417. The molecule has 0 bridgehead atoms. The van der Waals surface area contributed by atoms with Crippen LogP contribution in [0, 0.1) is 0 Å². The van der Waals surface area contributed by atoms with Crippen molar-refractivity contribution in [2.75, 3.05) is 7.11 Å². The molecule has 0 aliphatic carbocycles. The van der Waals surface area contributed by atoms with Crippen molar-refractivity contribution in [3.8, 4) is 11.5 Å². The molecule has 5 heteroatoms. The van der Waals surface area contributed by atoms with E-state index in [1.807, 2.05) is 13.0 Å². The molecule has 4 N–H and O–H groups in total. The second-order valence-corrected chi connectivity index (χ2v) is 3.86. The van der Waals surface area contributed by atoms with Gasteiger partial charge in [-0.2, -0.15) is 0 Å². The normalized spacial score (nSPS) is 13.9. The molecule has 17 heavy (non-hydrogen) atoms. The molecule has 1 aromatic carbocycles. The van der Waals surface area contributed by atoms with Gasteiger partial charge in [0.05, 0.1) is 7.11 Å². The molecule has 1 aromatic rings. The number of hydrogen-bond acceptors (Lipinski definition) is 4. The number of nitrogens with two attached hydrogens (primary N) is 2. The van der Waals surface area contributed by atoms with Gasteiger partial charge in [-0.25, -0.2) is 0 Å². The summed E-state index contributed by atoms with van der Waals surface area (Å²) < 4.78 is 10.6. The van der Waals surface area contributed by atoms with Gasteiger partial charge in [-0.3, -0.25) is 4.79 Å². The molecule has 2 atom stereocenters. The number of carbonyl (C=O) groups excluding carboxylic acids is 1. The molecular formula is C12H18N2O3. The highest BCUT2D eigenvalue weighted by Gasteiger charge is 2.14. The summed E-state index contributed by atoms with van der Waals surface area (Å²) in [4.78, 5) is 10.9. The molecule has 0 saturated carbocycles. The fourth-order valence-electron chi connectivity index (χ4n) is 1.31. The lowest BCUT2D eigenvalue weighted by Crippen LogP contribution is -2.30. The molecule has 1 unspecified atom stereocenters. The Morgan fingerprint density at radius 1 is 1.29 bits per heavy atom. The Kier molecular flexibility index (Phi) is 4.34. The van der Waals surface area contributed by atoms with Crippen molar-refractivity contribution in [3.63, 3.8) is 0 Å². The minimum Gasteiger partial charge on any atom is -0.493 e. The SMILES string of the molecule is COc1cc([C@@H](C)N)ccc1OC(C)C(N)=O. The van der Waals surface area contributed by atoms with Gasteiger partial charge in [-0.05, 0) is 31.5 Å². The maximum Gasteiger partial charge on any atom is 0.258 e. The summed E-state index contributed by atoms with van der Waals surface area (Å²) in [5.74, 6) is 0.486. The summed E-state index contributed by atoms with van der Waals surface area (Å²) in [5.41, 5.74) is 11.8. The number of ether oxygens (including phenoxy) is 2. The van der Waals surface area contributed by atoms with E-state index in [2.05, 4.69) is 0 Å². The van der Waals surface area contributed by atoms with E-state index >= 15 is 0 Å². The first kappa shape index (κ1) is 13.3. The molecule has 0 fully saturated rings. The van der Waals surface area contributed by atoms with Crippen LogP contribution in [0.1, 0.15) is 25.5 Å². The monoisotopic (exact) mass is 238 g/mol.